The molecule has 1 heterocycles. The maximum Gasteiger partial charge on any atom is 0.336 e. The largest absolute Gasteiger partial charge is 0.462 e. The van der Waals surface area contributed by atoms with Crippen LogP contribution in [0.15, 0.2) is 12.7 Å². The molecule has 1 fully saturated rings. The number of esters is 1. The third kappa shape index (κ3) is 7.01. The van der Waals surface area contributed by atoms with Crippen LogP contribution in [0.4, 0.5) is 0 Å². The van der Waals surface area contributed by atoms with E-state index in [1.54, 1.807) is 6.92 Å². The van der Waals surface area contributed by atoms with Gasteiger partial charge in [0.05, 0.1) is 5.92 Å². The van der Waals surface area contributed by atoms with Crippen molar-refractivity contribution in [2.45, 2.75) is 40.5 Å². The van der Waals surface area contributed by atoms with Crippen LogP contribution in [-0.2, 0) is 28.8 Å². The van der Waals surface area contributed by atoms with Crippen LogP contribution >= 0.6 is 0 Å². The molecule has 2 amide bonds. The Bertz CT molecular complexity index is 427. The molecule has 0 aromatic heterocycles. The van der Waals surface area contributed by atoms with E-state index in [4.69, 9.17) is 4.84 Å². The number of ether oxygens (including phenoxy) is 1. The first-order chi connectivity index (χ1) is 10.2. The Labute approximate surface area is 130 Å². The zero-order chi connectivity index (χ0) is 17.3. The molecule has 1 saturated heterocycles. The summed E-state index contributed by atoms with van der Waals surface area (Å²) < 4.78 is 4.43. The Morgan fingerprint density at radius 1 is 1.23 bits per heavy atom. The third-order valence-electron chi connectivity index (χ3n) is 2.96. The molecule has 0 unspecified atom stereocenters. The molecule has 0 radical (unpaired) electrons. The average Bonchev–Trinajstić information content (AvgIpc) is 2.76. The number of nitrogens with zero attached hydrogens (tertiary/aromatic N) is 1. The van der Waals surface area contributed by atoms with E-state index in [-0.39, 0.29) is 30.6 Å². The third-order valence-corrected chi connectivity index (χ3v) is 2.96. The van der Waals surface area contributed by atoms with Crippen LogP contribution in [0.5, 0.6) is 0 Å². The molecule has 7 nitrogen and oxygen atoms in total. The fourth-order valence-corrected chi connectivity index (χ4v) is 1.28. The van der Waals surface area contributed by atoms with Crippen LogP contribution in [0.2, 0.25) is 0 Å². The summed E-state index contributed by atoms with van der Waals surface area (Å²) in [5.41, 5.74) is 0. The molecule has 1 aliphatic rings. The predicted molar refractivity (Wildman–Crippen MR) is 78.0 cm³/mol. The van der Waals surface area contributed by atoms with Crippen LogP contribution in [-0.4, -0.2) is 35.4 Å². The second-order valence-electron chi connectivity index (χ2n) is 5.12. The molecule has 124 valence electrons. The smallest absolute Gasteiger partial charge is 0.336 e. The first kappa shape index (κ1) is 19.8. The van der Waals surface area contributed by atoms with Gasteiger partial charge >= 0.3 is 11.9 Å². The fourth-order valence-electron chi connectivity index (χ4n) is 1.28. The highest BCUT2D eigenvalue weighted by molar-refractivity contribution is 6.01. The van der Waals surface area contributed by atoms with Crippen molar-refractivity contribution in [1.82, 2.24) is 5.06 Å². The number of imide groups is 1. The Morgan fingerprint density at radius 3 is 2.05 bits per heavy atom. The van der Waals surface area contributed by atoms with E-state index in [0.717, 1.165) is 0 Å². The molecule has 1 aliphatic heterocycles. The number of carbonyl (C=O) groups is 4. The van der Waals surface area contributed by atoms with Gasteiger partial charge < -0.3 is 9.57 Å². The van der Waals surface area contributed by atoms with E-state index in [2.05, 4.69) is 11.3 Å². The van der Waals surface area contributed by atoms with E-state index < -0.39 is 17.8 Å². The van der Waals surface area contributed by atoms with Gasteiger partial charge in [-0.3, -0.25) is 14.4 Å². The molecule has 0 aromatic carbocycles. The number of amides is 2. The van der Waals surface area contributed by atoms with Gasteiger partial charge in [0.2, 0.25) is 0 Å². The number of hydroxylamine groups is 2. The number of rotatable bonds is 5. The highest BCUT2D eigenvalue weighted by atomic mass is 16.7. The Balaban J connectivity index is 0.000000534. The minimum absolute atomic E-state index is 0.116. The highest BCUT2D eigenvalue weighted by Gasteiger charge is 2.34. The average molecular weight is 313 g/mol. The minimum Gasteiger partial charge on any atom is -0.462 e. The van der Waals surface area contributed by atoms with Crippen LogP contribution in [0, 0.1) is 11.8 Å². The monoisotopic (exact) mass is 313 g/mol. The van der Waals surface area contributed by atoms with Crippen molar-refractivity contribution >= 4 is 23.8 Å². The van der Waals surface area contributed by atoms with E-state index in [0.29, 0.717) is 11.7 Å². The van der Waals surface area contributed by atoms with Gasteiger partial charge in [0.1, 0.15) is 6.61 Å². The molecular weight excluding hydrogens is 290 g/mol. The van der Waals surface area contributed by atoms with Crippen LogP contribution in [0.25, 0.3) is 0 Å². The zero-order valence-corrected chi connectivity index (χ0v) is 13.5. The summed E-state index contributed by atoms with van der Waals surface area (Å²) in [6.45, 7) is 10.5. The Morgan fingerprint density at radius 2 is 1.73 bits per heavy atom. The molecule has 0 saturated carbocycles. The summed E-state index contributed by atoms with van der Waals surface area (Å²) in [4.78, 5) is 48.4. The summed E-state index contributed by atoms with van der Waals surface area (Å²) in [7, 11) is 0. The maximum atomic E-state index is 11.5. The molecule has 0 aromatic rings. The van der Waals surface area contributed by atoms with Gasteiger partial charge in [-0.2, -0.15) is 0 Å². The van der Waals surface area contributed by atoms with Gasteiger partial charge in [0.25, 0.3) is 11.8 Å². The molecule has 7 heteroatoms. The summed E-state index contributed by atoms with van der Waals surface area (Å²) in [6, 6.07) is 0. The van der Waals surface area contributed by atoms with E-state index in [1.807, 2.05) is 13.8 Å². The molecule has 22 heavy (non-hydrogen) atoms. The van der Waals surface area contributed by atoms with Gasteiger partial charge in [-0.15, -0.1) is 5.06 Å². The number of hydrogen-bond donors (Lipinski definition) is 0. The number of carbonyl (C=O) groups excluding carboxylic acids is 4. The normalized spacial score (nSPS) is 15.0. The van der Waals surface area contributed by atoms with Crippen molar-refractivity contribution in [1.29, 1.82) is 0 Å². The SMILES string of the molecule is C=CCOC(C)=O.CC(C)[C@H](C)C(=O)ON1C(=O)CCC1=O. The molecule has 0 aliphatic carbocycles. The van der Waals surface area contributed by atoms with Crippen molar-refractivity contribution in [2.75, 3.05) is 6.61 Å². The molecule has 0 N–H and O–H groups in total. The molecule has 1 atom stereocenters. The van der Waals surface area contributed by atoms with E-state index in [9.17, 15) is 19.2 Å². The van der Waals surface area contributed by atoms with Crippen molar-refractivity contribution < 1.29 is 28.8 Å². The maximum absolute atomic E-state index is 11.5. The van der Waals surface area contributed by atoms with Gasteiger partial charge in [-0.25, -0.2) is 4.79 Å². The molecule has 0 spiro atoms. The van der Waals surface area contributed by atoms with Crippen molar-refractivity contribution in [3.8, 4) is 0 Å². The topological polar surface area (TPSA) is 90.0 Å². The van der Waals surface area contributed by atoms with Gasteiger partial charge in [-0.05, 0) is 5.92 Å². The summed E-state index contributed by atoms with van der Waals surface area (Å²) >= 11 is 0. The molecule has 1 rings (SSSR count). The van der Waals surface area contributed by atoms with Crippen LogP contribution in [0.3, 0.4) is 0 Å². The highest BCUT2D eigenvalue weighted by Crippen LogP contribution is 2.17. The molecule has 0 bridgehead atoms. The van der Waals surface area contributed by atoms with Crippen LogP contribution in [0.1, 0.15) is 40.5 Å². The van der Waals surface area contributed by atoms with Gasteiger partial charge in [0.15, 0.2) is 0 Å². The Hall–Kier alpha value is -2.18. The van der Waals surface area contributed by atoms with Crippen molar-refractivity contribution in [3.63, 3.8) is 0 Å². The summed E-state index contributed by atoms with van der Waals surface area (Å²) in [5.74, 6) is -1.89. The quantitative estimate of drug-likeness (QED) is 0.435. The summed E-state index contributed by atoms with van der Waals surface area (Å²) in [5, 5.41) is 0.585. The zero-order valence-electron chi connectivity index (χ0n) is 13.5. The van der Waals surface area contributed by atoms with E-state index >= 15 is 0 Å². The van der Waals surface area contributed by atoms with Crippen LogP contribution < -0.4 is 0 Å². The summed E-state index contributed by atoms with van der Waals surface area (Å²) in [6.07, 6.45) is 1.78. The second kappa shape index (κ2) is 9.70. The molecular formula is C15H23NO6. The van der Waals surface area contributed by atoms with E-state index in [1.165, 1.54) is 13.0 Å². The fraction of sp³-hybridized carbons (Fsp3) is 0.600. The van der Waals surface area contributed by atoms with Crippen molar-refractivity contribution in [3.05, 3.63) is 12.7 Å². The minimum atomic E-state index is -0.534. The lowest BCUT2D eigenvalue weighted by molar-refractivity contribution is -0.201. The van der Waals surface area contributed by atoms with Gasteiger partial charge in [-0.1, -0.05) is 33.4 Å². The first-order valence-electron chi connectivity index (χ1n) is 7.02. The predicted octanol–water partition coefficient (Wildman–Crippen LogP) is 1.62. The Kier molecular flexibility index (Phi) is 8.74. The lowest BCUT2D eigenvalue weighted by atomic mass is 9.99. The number of hydrogen-bond acceptors (Lipinski definition) is 6. The van der Waals surface area contributed by atoms with Gasteiger partial charge in [0, 0.05) is 19.8 Å². The lowest BCUT2D eigenvalue weighted by Gasteiger charge is -2.18. The standard InChI is InChI=1S/C10H15NO4.C5H8O2/c1-6(2)7(3)10(14)15-11-8(12)4-5-9(11)13;1-3-4-7-5(2)6/h6-7H,4-5H2,1-3H3;3H,1,4H2,2H3/t7-;/m0./s1. The second-order valence-corrected chi connectivity index (χ2v) is 5.12. The van der Waals surface area contributed by atoms with Crippen molar-refractivity contribution in [2.24, 2.45) is 11.8 Å². The first-order valence-corrected chi connectivity index (χ1v) is 7.02. The lowest BCUT2D eigenvalue weighted by Crippen LogP contribution is -2.35.